The number of nitro groups is 1. The SMILES string of the molecule is O=C(O)C(COc1c(Cl)cc(C(F)(F)F)cc1Cl)(Oc1ccccc1)[N+](=O)[O-]. The monoisotopic (exact) mass is 439 g/mol. The Morgan fingerprint density at radius 1 is 1.14 bits per heavy atom. The molecule has 0 aliphatic rings. The summed E-state index contributed by atoms with van der Waals surface area (Å²) in [6.07, 6.45) is -4.74. The molecule has 2 aromatic carbocycles. The summed E-state index contributed by atoms with van der Waals surface area (Å²) < 4.78 is 48.3. The van der Waals surface area contributed by atoms with E-state index in [4.69, 9.17) is 32.7 Å². The molecule has 12 heteroatoms. The summed E-state index contributed by atoms with van der Waals surface area (Å²) in [6, 6.07) is 8.02. The van der Waals surface area contributed by atoms with Crippen molar-refractivity contribution in [2.45, 2.75) is 11.9 Å². The van der Waals surface area contributed by atoms with Gasteiger partial charge in [0.2, 0.25) is 6.61 Å². The van der Waals surface area contributed by atoms with Crippen LogP contribution < -0.4 is 9.47 Å². The fourth-order valence-electron chi connectivity index (χ4n) is 2.02. The number of carbonyl (C=O) groups is 1. The number of hydrogen-bond donors (Lipinski definition) is 1. The smallest absolute Gasteiger partial charge is 0.478 e. The molecule has 1 N–H and O–H groups in total. The minimum atomic E-state index is -4.74. The lowest BCUT2D eigenvalue weighted by atomic mass is 10.2. The quantitative estimate of drug-likeness (QED) is 0.386. The first-order valence-electron chi connectivity index (χ1n) is 7.28. The van der Waals surface area contributed by atoms with E-state index in [0.717, 1.165) is 0 Å². The normalized spacial score (nSPS) is 13.5. The Labute approximate surface area is 165 Å². The van der Waals surface area contributed by atoms with Crippen LogP contribution in [-0.4, -0.2) is 28.3 Å². The summed E-state index contributed by atoms with van der Waals surface area (Å²) in [5, 5.41) is 19.6. The molecule has 0 saturated heterocycles. The van der Waals surface area contributed by atoms with Gasteiger partial charge in [0.1, 0.15) is 5.75 Å². The van der Waals surface area contributed by atoms with Crippen LogP contribution in [0.1, 0.15) is 5.56 Å². The van der Waals surface area contributed by atoms with Crippen molar-refractivity contribution in [3.8, 4) is 11.5 Å². The first-order valence-corrected chi connectivity index (χ1v) is 8.04. The van der Waals surface area contributed by atoms with Crippen molar-refractivity contribution in [3.05, 3.63) is 68.2 Å². The standard InChI is InChI=1S/C16H10Cl2F3NO6/c17-11-6-9(16(19,20)21)7-12(18)13(11)27-8-15(14(23)24,22(25)26)28-10-4-2-1-3-5-10/h1-7H,8H2,(H,23,24). The van der Waals surface area contributed by atoms with Gasteiger partial charge < -0.3 is 14.6 Å². The Hall–Kier alpha value is -2.72. The maximum atomic E-state index is 12.8. The Balaban J connectivity index is 2.36. The van der Waals surface area contributed by atoms with Gasteiger partial charge in [-0.25, -0.2) is 4.79 Å². The van der Waals surface area contributed by atoms with E-state index in [9.17, 15) is 33.2 Å². The highest BCUT2D eigenvalue weighted by molar-refractivity contribution is 6.37. The van der Waals surface area contributed by atoms with E-state index in [1.807, 2.05) is 0 Å². The van der Waals surface area contributed by atoms with Gasteiger partial charge in [-0.2, -0.15) is 13.2 Å². The van der Waals surface area contributed by atoms with E-state index in [-0.39, 0.29) is 5.75 Å². The highest BCUT2D eigenvalue weighted by atomic mass is 35.5. The third-order valence-electron chi connectivity index (χ3n) is 3.40. The Kier molecular flexibility index (Phi) is 6.25. The molecule has 0 aromatic heterocycles. The van der Waals surface area contributed by atoms with E-state index in [1.54, 1.807) is 6.07 Å². The largest absolute Gasteiger partial charge is 0.494 e. The number of carboxylic acids is 1. The van der Waals surface area contributed by atoms with Crippen LogP contribution in [0.5, 0.6) is 11.5 Å². The second kappa shape index (κ2) is 8.11. The van der Waals surface area contributed by atoms with Gasteiger partial charge in [-0.1, -0.05) is 41.4 Å². The molecule has 7 nitrogen and oxygen atoms in total. The average Bonchev–Trinajstić information content (AvgIpc) is 2.59. The number of alkyl halides is 3. The number of rotatable bonds is 7. The van der Waals surface area contributed by atoms with E-state index in [1.165, 1.54) is 24.3 Å². The van der Waals surface area contributed by atoms with Crippen molar-refractivity contribution < 1.29 is 37.5 Å². The van der Waals surface area contributed by atoms with Crippen LogP contribution in [0.2, 0.25) is 10.0 Å². The predicted octanol–water partition coefficient (Wildman–Crippen LogP) is 4.53. The van der Waals surface area contributed by atoms with Crippen molar-refractivity contribution in [2.24, 2.45) is 0 Å². The van der Waals surface area contributed by atoms with Gasteiger partial charge in [-0.3, -0.25) is 10.1 Å². The lowest BCUT2D eigenvalue weighted by Gasteiger charge is -2.23. The molecule has 0 aliphatic carbocycles. The van der Waals surface area contributed by atoms with Crippen LogP contribution in [-0.2, 0) is 11.0 Å². The fraction of sp³-hybridized carbons (Fsp3) is 0.188. The molecule has 1 unspecified atom stereocenters. The first kappa shape index (κ1) is 21.6. The van der Waals surface area contributed by atoms with Crippen molar-refractivity contribution in [1.29, 1.82) is 0 Å². The van der Waals surface area contributed by atoms with E-state index in [0.29, 0.717) is 12.1 Å². The molecule has 0 amide bonds. The van der Waals surface area contributed by atoms with Gasteiger partial charge in [0, 0.05) is 0 Å². The van der Waals surface area contributed by atoms with Crippen molar-refractivity contribution in [2.75, 3.05) is 6.61 Å². The zero-order chi connectivity index (χ0) is 21.1. The topological polar surface area (TPSA) is 98.9 Å². The average molecular weight is 440 g/mol. The van der Waals surface area contributed by atoms with Gasteiger partial charge in [-0.05, 0) is 24.3 Å². The van der Waals surface area contributed by atoms with Crippen molar-refractivity contribution >= 4 is 29.2 Å². The third-order valence-corrected chi connectivity index (χ3v) is 3.96. The molecule has 1 atom stereocenters. The van der Waals surface area contributed by atoms with Gasteiger partial charge in [0.15, 0.2) is 5.75 Å². The maximum Gasteiger partial charge on any atom is 0.494 e. The number of carboxylic acid groups (broad SMARTS) is 1. The van der Waals surface area contributed by atoms with Crippen molar-refractivity contribution in [3.63, 3.8) is 0 Å². The van der Waals surface area contributed by atoms with E-state index < -0.39 is 50.8 Å². The number of ether oxygens (including phenoxy) is 2. The zero-order valence-electron chi connectivity index (χ0n) is 13.6. The van der Waals surface area contributed by atoms with Crippen LogP contribution in [0.4, 0.5) is 13.2 Å². The Morgan fingerprint density at radius 2 is 1.68 bits per heavy atom. The molecule has 150 valence electrons. The molecule has 0 aliphatic heterocycles. The summed E-state index contributed by atoms with van der Waals surface area (Å²) in [4.78, 5) is 21.8. The van der Waals surface area contributed by atoms with Crippen LogP contribution in [0, 0.1) is 10.1 Å². The molecule has 28 heavy (non-hydrogen) atoms. The van der Waals surface area contributed by atoms with Gasteiger partial charge in [0.05, 0.1) is 20.5 Å². The maximum absolute atomic E-state index is 12.8. The van der Waals surface area contributed by atoms with E-state index in [2.05, 4.69) is 0 Å². The number of nitrogens with zero attached hydrogens (tertiary/aromatic N) is 1. The minimum absolute atomic E-state index is 0.144. The van der Waals surface area contributed by atoms with Crippen LogP contribution >= 0.6 is 23.2 Å². The van der Waals surface area contributed by atoms with Crippen molar-refractivity contribution in [1.82, 2.24) is 0 Å². The molecule has 0 saturated carbocycles. The summed E-state index contributed by atoms with van der Waals surface area (Å²) in [7, 11) is 0. The minimum Gasteiger partial charge on any atom is -0.478 e. The number of para-hydroxylation sites is 1. The fourth-order valence-corrected chi connectivity index (χ4v) is 2.61. The number of aliphatic carboxylic acids is 1. The summed E-state index contributed by atoms with van der Waals surface area (Å²) in [6.45, 7) is -1.23. The highest BCUT2D eigenvalue weighted by Gasteiger charge is 2.56. The van der Waals surface area contributed by atoms with Gasteiger partial charge in [0.25, 0.3) is 0 Å². The molecular formula is C16H10Cl2F3NO6. The second-order valence-corrected chi connectivity index (χ2v) is 6.13. The van der Waals surface area contributed by atoms with Crippen LogP contribution in [0.15, 0.2) is 42.5 Å². The number of benzene rings is 2. The highest BCUT2D eigenvalue weighted by Crippen LogP contribution is 2.40. The zero-order valence-corrected chi connectivity index (χ0v) is 15.1. The van der Waals surface area contributed by atoms with Crippen LogP contribution in [0.25, 0.3) is 0 Å². The summed E-state index contributed by atoms with van der Waals surface area (Å²) >= 11 is 11.4. The molecule has 0 heterocycles. The van der Waals surface area contributed by atoms with Crippen LogP contribution in [0.3, 0.4) is 0 Å². The lowest BCUT2D eigenvalue weighted by Crippen LogP contribution is -2.56. The molecule has 0 bridgehead atoms. The Bertz CT molecular complexity index is 855. The third kappa shape index (κ3) is 4.57. The molecule has 2 aromatic rings. The summed E-state index contributed by atoms with van der Waals surface area (Å²) in [5.41, 5.74) is -4.27. The number of halogens is 5. The van der Waals surface area contributed by atoms with Gasteiger partial charge >= 0.3 is 17.9 Å². The second-order valence-electron chi connectivity index (χ2n) is 5.32. The molecular weight excluding hydrogens is 430 g/mol. The molecule has 0 fully saturated rings. The molecule has 2 rings (SSSR count). The molecule has 0 spiro atoms. The predicted molar refractivity (Wildman–Crippen MR) is 91.4 cm³/mol. The summed E-state index contributed by atoms with van der Waals surface area (Å²) in [5.74, 6) is -2.70. The lowest BCUT2D eigenvalue weighted by molar-refractivity contribution is -0.601. The first-order chi connectivity index (χ1) is 13.0. The molecule has 0 radical (unpaired) electrons. The van der Waals surface area contributed by atoms with Gasteiger partial charge in [-0.15, -0.1) is 0 Å². The number of hydrogen-bond acceptors (Lipinski definition) is 5. The Morgan fingerprint density at radius 3 is 2.11 bits per heavy atom. The van der Waals surface area contributed by atoms with E-state index >= 15 is 0 Å².